The van der Waals surface area contributed by atoms with Crippen LogP contribution in [0.25, 0.3) is 6.08 Å². The third-order valence-electron chi connectivity index (χ3n) is 3.93. The molecule has 0 unspecified atom stereocenters. The fourth-order valence-corrected chi connectivity index (χ4v) is 3.00. The molecule has 0 N–H and O–H groups in total. The molecule has 0 radical (unpaired) electrons. The molecule has 0 aromatic carbocycles. The summed E-state index contributed by atoms with van der Waals surface area (Å²) in [6, 6.07) is 6.10. The second kappa shape index (κ2) is 11.7. The standard InChI is InChI=1S/C24H31NO2S/c1-5-25(15-8-6-7-14-24(2,3)4)18-22-11-12-23(27-22)19-26-16-9-10-21-13-17-28-20-21/h7,9-14,17,20H,5,15-16,18-19H2,1-4H3. The van der Waals surface area contributed by atoms with Gasteiger partial charge in [-0.1, -0.05) is 57.8 Å². The van der Waals surface area contributed by atoms with Gasteiger partial charge in [0.15, 0.2) is 0 Å². The Hall–Kier alpha value is -2.06. The Balaban J connectivity index is 1.72. The van der Waals surface area contributed by atoms with Crippen LogP contribution < -0.4 is 0 Å². The van der Waals surface area contributed by atoms with Crippen molar-refractivity contribution in [2.75, 3.05) is 19.7 Å². The van der Waals surface area contributed by atoms with E-state index in [4.69, 9.17) is 9.15 Å². The summed E-state index contributed by atoms with van der Waals surface area (Å²) in [5.41, 5.74) is 1.39. The molecule has 150 valence electrons. The first kappa shape index (κ1) is 22.2. The Morgan fingerprint density at radius 3 is 2.75 bits per heavy atom. The van der Waals surface area contributed by atoms with Crippen LogP contribution in [0, 0.1) is 17.3 Å². The lowest BCUT2D eigenvalue weighted by Gasteiger charge is -2.15. The Labute approximate surface area is 173 Å². The van der Waals surface area contributed by atoms with E-state index in [1.165, 1.54) is 5.56 Å². The number of thiophene rings is 1. The van der Waals surface area contributed by atoms with Gasteiger partial charge in [-0.3, -0.25) is 4.90 Å². The molecule has 0 aliphatic carbocycles. The van der Waals surface area contributed by atoms with Gasteiger partial charge in [0, 0.05) is 0 Å². The maximum atomic E-state index is 5.89. The van der Waals surface area contributed by atoms with Crippen molar-refractivity contribution in [3.63, 3.8) is 0 Å². The van der Waals surface area contributed by atoms with Gasteiger partial charge < -0.3 is 9.15 Å². The van der Waals surface area contributed by atoms with Crippen LogP contribution in [0.3, 0.4) is 0 Å². The molecule has 0 aliphatic rings. The molecule has 2 rings (SSSR count). The van der Waals surface area contributed by atoms with Crippen LogP contribution in [0.1, 0.15) is 44.8 Å². The predicted molar refractivity (Wildman–Crippen MR) is 119 cm³/mol. The monoisotopic (exact) mass is 397 g/mol. The van der Waals surface area contributed by atoms with Gasteiger partial charge in [0.2, 0.25) is 0 Å². The Bertz CT molecular complexity index is 798. The quantitative estimate of drug-likeness (QED) is 0.383. The zero-order valence-electron chi connectivity index (χ0n) is 17.4. The minimum Gasteiger partial charge on any atom is -0.462 e. The SMILES string of the molecule is CCN(CC#CC=CC(C)(C)C)Cc1ccc(COCC=Cc2ccsc2)o1. The Morgan fingerprint density at radius 1 is 1.21 bits per heavy atom. The average Bonchev–Trinajstić information content (AvgIpc) is 3.31. The van der Waals surface area contributed by atoms with Crippen molar-refractivity contribution < 1.29 is 9.15 Å². The van der Waals surface area contributed by atoms with E-state index in [-0.39, 0.29) is 5.41 Å². The van der Waals surface area contributed by atoms with Crippen LogP contribution in [0.5, 0.6) is 0 Å². The number of hydrogen-bond acceptors (Lipinski definition) is 4. The molecule has 2 aromatic heterocycles. The van der Waals surface area contributed by atoms with E-state index in [9.17, 15) is 0 Å². The maximum absolute atomic E-state index is 5.89. The fraction of sp³-hybridized carbons (Fsp3) is 0.417. The number of rotatable bonds is 9. The van der Waals surface area contributed by atoms with Crippen molar-refractivity contribution in [1.82, 2.24) is 4.90 Å². The number of allylic oxidation sites excluding steroid dienone is 2. The first-order valence-electron chi connectivity index (χ1n) is 9.69. The van der Waals surface area contributed by atoms with E-state index >= 15 is 0 Å². The Morgan fingerprint density at radius 2 is 2.04 bits per heavy atom. The van der Waals surface area contributed by atoms with Crippen molar-refractivity contribution in [2.45, 2.75) is 40.8 Å². The molecule has 4 heteroatoms. The van der Waals surface area contributed by atoms with Crippen LogP contribution in [0.2, 0.25) is 0 Å². The topological polar surface area (TPSA) is 25.6 Å². The molecule has 3 nitrogen and oxygen atoms in total. The molecule has 0 aliphatic heterocycles. The van der Waals surface area contributed by atoms with E-state index in [2.05, 4.69) is 73.4 Å². The molecule has 0 spiro atoms. The normalized spacial score (nSPS) is 12.2. The van der Waals surface area contributed by atoms with E-state index in [1.807, 2.05) is 24.3 Å². The minimum atomic E-state index is 0.172. The lowest BCUT2D eigenvalue weighted by molar-refractivity contribution is 0.129. The number of ether oxygens (including phenoxy) is 1. The molecular weight excluding hydrogens is 366 g/mol. The molecule has 2 aromatic rings. The van der Waals surface area contributed by atoms with Crippen LogP contribution in [0.15, 0.2) is 51.6 Å². The summed E-state index contributed by atoms with van der Waals surface area (Å²) in [6.07, 6.45) is 8.17. The van der Waals surface area contributed by atoms with Crippen LogP contribution in [-0.4, -0.2) is 24.6 Å². The highest BCUT2D eigenvalue weighted by Gasteiger charge is 2.07. The second-order valence-electron chi connectivity index (χ2n) is 7.67. The largest absolute Gasteiger partial charge is 0.462 e. The number of hydrogen-bond donors (Lipinski definition) is 0. The summed E-state index contributed by atoms with van der Waals surface area (Å²) >= 11 is 1.69. The van der Waals surface area contributed by atoms with Crippen LogP contribution >= 0.6 is 11.3 Å². The average molecular weight is 398 g/mol. The van der Waals surface area contributed by atoms with E-state index < -0.39 is 0 Å². The minimum absolute atomic E-state index is 0.172. The van der Waals surface area contributed by atoms with E-state index in [1.54, 1.807) is 11.3 Å². The van der Waals surface area contributed by atoms with Gasteiger partial charge in [0.1, 0.15) is 18.1 Å². The van der Waals surface area contributed by atoms with Gasteiger partial charge in [0.25, 0.3) is 0 Å². The lowest BCUT2D eigenvalue weighted by atomic mass is 9.96. The first-order valence-corrected chi connectivity index (χ1v) is 10.6. The van der Waals surface area contributed by atoms with Gasteiger partial charge in [-0.05, 0) is 52.6 Å². The zero-order chi connectivity index (χ0) is 20.2. The fourth-order valence-electron chi connectivity index (χ4n) is 2.37. The molecule has 0 fully saturated rings. The predicted octanol–water partition coefficient (Wildman–Crippen LogP) is 6.00. The molecule has 0 saturated heterocycles. The van der Waals surface area contributed by atoms with Crippen molar-refractivity contribution in [2.24, 2.45) is 5.41 Å². The molecule has 0 saturated carbocycles. The molecule has 0 atom stereocenters. The molecule has 28 heavy (non-hydrogen) atoms. The van der Waals surface area contributed by atoms with E-state index in [0.717, 1.165) is 31.2 Å². The smallest absolute Gasteiger partial charge is 0.129 e. The Kier molecular flexibility index (Phi) is 9.30. The molecular formula is C24H31NO2S. The highest BCUT2D eigenvalue weighted by molar-refractivity contribution is 7.08. The maximum Gasteiger partial charge on any atom is 0.129 e. The number of nitrogens with zero attached hydrogens (tertiary/aromatic N) is 1. The zero-order valence-corrected chi connectivity index (χ0v) is 18.2. The van der Waals surface area contributed by atoms with E-state index in [0.29, 0.717) is 13.2 Å². The van der Waals surface area contributed by atoms with Crippen molar-refractivity contribution in [1.29, 1.82) is 0 Å². The summed E-state index contributed by atoms with van der Waals surface area (Å²) in [5.74, 6) is 8.13. The highest BCUT2D eigenvalue weighted by atomic mass is 32.1. The third-order valence-corrected chi connectivity index (χ3v) is 4.63. The summed E-state index contributed by atoms with van der Waals surface area (Å²) in [6.45, 7) is 12.1. The van der Waals surface area contributed by atoms with Crippen LogP contribution in [0.4, 0.5) is 0 Å². The first-order chi connectivity index (χ1) is 13.5. The van der Waals surface area contributed by atoms with Crippen molar-refractivity contribution >= 4 is 17.4 Å². The van der Waals surface area contributed by atoms with Gasteiger partial charge in [-0.2, -0.15) is 11.3 Å². The van der Waals surface area contributed by atoms with Crippen molar-refractivity contribution in [3.05, 3.63) is 64.3 Å². The van der Waals surface area contributed by atoms with Gasteiger partial charge in [-0.25, -0.2) is 0 Å². The van der Waals surface area contributed by atoms with Gasteiger partial charge >= 0.3 is 0 Å². The van der Waals surface area contributed by atoms with Crippen molar-refractivity contribution in [3.8, 4) is 11.8 Å². The van der Waals surface area contributed by atoms with Gasteiger partial charge in [-0.15, -0.1) is 0 Å². The molecule has 0 bridgehead atoms. The second-order valence-corrected chi connectivity index (χ2v) is 8.45. The van der Waals surface area contributed by atoms with Crippen LogP contribution in [-0.2, 0) is 17.9 Å². The molecule has 0 amide bonds. The summed E-state index contributed by atoms with van der Waals surface area (Å²) < 4.78 is 11.6. The third kappa shape index (κ3) is 9.23. The van der Waals surface area contributed by atoms with Gasteiger partial charge in [0.05, 0.1) is 19.7 Å². The summed E-state index contributed by atoms with van der Waals surface area (Å²) in [5, 5.41) is 4.18. The summed E-state index contributed by atoms with van der Waals surface area (Å²) in [7, 11) is 0. The molecule has 2 heterocycles. The summed E-state index contributed by atoms with van der Waals surface area (Å²) in [4.78, 5) is 2.25. The number of furan rings is 1. The lowest BCUT2D eigenvalue weighted by Crippen LogP contribution is -2.22. The highest BCUT2D eigenvalue weighted by Crippen LogP contribution is 2.14.